The number of hydrogen-bond donors (Lipinski definition) is 3. The second-order valence-corrected chi connectivity index (χ2v) is 11.0. The van der Waals surface area contributed by atoms with Crippen molar-refractivity contribution in [1.29, 1.82) is 0 Å². The Morgan fingerprint density at radius 3 is 2.32 bits per heavy atom. The number of nitrogens with two attached hydrogens (primary N) is 1. The molecular formula is C32H34N4O5. The van der Waals surface area contributed by atoms with Crippen molar-refractivity contribution in [2.24, 2.45) is 5.73 Å². The molecule has 2 atom stereocenters. The minimum absolute atomic E-state index is 0.309. The van der Waals surface area contributed by atoms with Crippen LogP contribution in [0.1, 0.15) is 57.2 Å². The molecule has 3 aromatic rings. The number of fused-ring (bicyclic) bond motifs is 1. The molecule has 9 heteroatoms. The highest BCUT2D eigenvalue weighted by Gasteiger charge is 2.45. The smallest absolute Gasteiger partial charge is 0.408 e. The van der Waals surface area contributed by atoms with Gasteiger partial charge in [0.25, 0.3) is 5.91 Å². The monoisotopic (exact) mass is 554 g/mol. The number of terminal acetylenes is 1. The molecule has 9 nitrogen and oxygen atoms in total. The number of carbonyl (C=O) groups is 4. The van der Waals surface area contributed by atoms with Crippen molar-refractivity contribution in [2.75, 3.05) is 5.32 Å². The van der Waals surface area contributed by atoms with E-state index in [0.717, 1.165) is 10.8 Å². The Morgan fingerprint density at radius 2 is 1.68 bits per heavy atom. The van der Waals surface area contributed by atoms with Crippen LogP contribution in [0.2, 0.25) is 0 Å². The van der Waals surface area contributed by atoms with Gasteiger partial charge in [-0.1, -0.05) is 54.5 Å². The highest BCUT2D eigenvalue weighted by atomic mass is 16.6. The van der Waals surface area contributed by atoms with E-state index in [1.807, 2.05) is 36.4 Å². The van der Waals surface area contributed by atoms with Crippen LogP contribution in [0.15, 0.2) is 66.7 Å². The molecular weight excluding hydrogens is 520 g/mol. The van der Waals surface area contributed by atoms with Gasteiger partial charge in [-0.2, -0.15) is 0 Å². The molecule has 1 fully saturated rings. The van der Waals surface area contributed by atoms with Gasteiger partial charge in [-0.15, -0.1) is 6.42 Å². The minimum atomic E-state index is -1.35. The highest BCUT2D eigenvalue weighted by Crippen LogP contribution is 2.37. The molecule has 0 heterocycles. The summed E-state index contributed by atoms with van der Waals surface area (Å²) >= 11 is 0. The molecule has 0 bridgehead atoms. The molecule has 0 aromatic heterocycles. The van der Waals surface area contributed by atoms with Crippen molar-refractivity contribution in [3.8, 4) is 12.3 Å². The first-order valence-corrected chi connectivity index (χ1v) is 13.4. The van der Waals surface area contributed by atoms with Crippen molar-refractivity contribution >= 4 is 40.3 Å². The van der Waals surface area contributed by atoms with Gasteiger partial charge >= 0.3 is 6.09 Å². The van der Waals surface area contributed by atoms with Gasteiger partial charge in [-0.3, -0.25) is 14.4 Å². The maximum atomic E-state index is 14.1. The molecule has 2 unspecified atom stereocenters. The van der Waals surface area contributed by atoms with Crippen LogP contribution in [-0.4, -0.2) is 46.4 Å². The first kappa shape index (κ1) is 29.2. The lowest BCUT2D eigenvalue weighted by atomic mass is 9.97. The average Bonchev–Trinajstić information content (AvgIpc) is 3.74. The van der Waals surface area contributed by atoms with Gasteiger partial charge in [0.1, 0.15) is 17.7 Å². The van der Waals surface area contributed by atoms with E-state index >= 15 is 0 Å². The van der Waals surface area contributed by atoms with E-state index in [-0.39, 0.29) is 6.04 Å². The lowest BCUT2D eigenvalue weighted by molar-refractivity contribution is -0.142. The van der Waals surface area contributed by atoms with E-state index < -0.39 is 47.9 Å². The summed E-state index contributed by atoms with van der Waals surface area (Å²) in [5.41, 5.74) is 6.05. The number of benzene rings is 3. The second-order valence-electron chi connectivity index (χ2n) is 11.0. The van der Waals surface area contributed by atoms with Gasteiger partial charge in [0.05, 0.1) is 6.42 Å². The summed E-state index contributed by atoms with van der Waals surface area (Å²) in [4.78, 5) is 54.2. The van der Waals surface area contributed by atoms with Gasteiger partial charge in [0.15, 0.2) is 0 Å². The first-order valence-electron chi connectivity index (χ1n) is 13.4. The fourth-order valence-corrected chi connectivity index (χ4v) is 4.66. The topological polar surface area (TPSA) is 131 Å². The van der Waals surface area contributed by atoms with E-state index in [1.165, 1.54) is 4.90 Å². The maximum absolute atomic E-state index is 14.1. The summed E-state index contributed by atoms with van der Waals surface area (Å²) < 4.78 is 5.32. The number of carbonyl (C=O) groups excluding carboxylic acids is 4. The number of nitrogens with one attached hydrogen (secondary N) is 2. The summed E-state index contributed by atoms with van der Waals surface area (Å²) in [6.45, 7) is 5.04. The summed E-state index contributed by atoms with van der Waals surface area (Å²) in [6, 6.07) is 17.4. The molecule has 0 spiro atoms. The number of nitrogens with zero attached hydrogens (tertiary/aromatic N) is 1. The highest BCUT2D eigenvalue weighted by molar-refractivity contribution is 6.01. The van der Waals surface area contributed by atoms with Gasteiger partial charge in [0.2, 0.25) is 11.8 Å². The zero-order valence-corrected chi connectivity index (χ0v) is 23.3. The molecule has 4 amide bonds. The molecule has 212 valence electrons. The van der Waals surface area contributed by atoms with Crippen LogP contribution in [0.4, 0.5) is 10.5 Å². The van der Waals surface area contributed by atoms with Crippen LogP contribution in [0.25, 0.3) is 10.8 Å². The molecule has 1 aliphatic carbocycles. The minimum Gasteiger partial charge on any atom is -0.444 e. The molecule has 0 saturated heterocycles. The zero-order valence-electron chi connectivity index (χ0n) is 23.3. The van der Waals surface area contributed by atoms with E-state index in [9.17, 15) is 19.2 Å². The van der Waals surface area contributed by atoms with Gasteiger partial charge in [-0.05, 0) is 68.1 Å². The molecule has 41 heavy (non-hydrogen) atoms. The Labute approximate surface area is 239 Å². The first-order chi connectivity index (χ1) is 19.5. The summed E-state index contributed by atoms with van der Waals surface area (Å²) in [6.07, 6.45) is 5.72. The predicted octanol–water partition coefficient (Wildman–Crippen LogP) is 4.26. The van der Waals surface area contributed by atoms with Crippen molar-refractivity contribution in [3.05, 3.63) is 77.9 Å². The van der Waals surface area contributed by atoms with Crippen LogP contribution in [0.5, 0.6) is 0 Å². The van der Waals surface area contributed by atoms with Crippen molar-refractivity contribution < 1.29 is 23.9 Å². The molecule has 1 saturated carbocycles. The molecule has 1 aliphatic rings. The SMILES string of the molecule is C#Cc1ccccc1C(C(=O)Nc1ccc2ccccc2c1)N(C(=O)C(CC(N)=O)NC(=O)OC(C)(C)C)C1CC1. The average molecular weight is 555 g/mol. The van der Waals surface area contributed by atoms with E-state index in [1.54, 1.807) is 51.1 Å². The van der Waals surface area contributed by atoms with E-state index in [2.05, 4.69) is 16.6 Å². The summed E-state index contributed by atoms with van der Waals surface area (Å²) in [7, 11) is 0. The van der Waals surface area contributed by atoms with Crippen molar-refractivity contribution in [3.63, 3.8) is 0 Å². The Balaban J connectivity index is 1.73. The van der Waals surface area contributed by atoms with Gasteiger partial charge in [0, 0.05) is 17.3 Å². The van der Waals surface area contributed by atoms with Crippen LogP contribution in [-0.2, 0) is 19.1 Å². The number of alkyl carbamates (subject to hydrolysis) is 1. The van der Waals surface area contributed by atoms with Crippen LogP contribution < -0.4 is 16.4 Å². The number of anilines is 1. The maximum Gasteiger partial charge on any atom is 0.408 e. The van der Waals surface area contributed by atoms with Gasteiger partial charge < -0.3 is 26.0 Å². The molecule has 0 aliphatic heterocycles. The summed E-state index contributed by atoms with van der Waals surface area (Å²) in [5, 5.41) is 7.38. The number of hydrogen-bond acceptors (Lipinski definition) is 5. The van der Waals surface area contributed by atoms with Crippen LogP contribution >= 0.6 is 0 Å². The Morgan fingerprint density at radius 1 is 1.02 bits per heavy atom. The molecule has 0 radical (unpaired) electrons. The van der Waals surface area contributed by atoms with Gasteiger partial charge in [-0.25, -0.2) is 4.79 Å². The van der Waals surface area contributed by atoms with Crippen LogP contribution in [0, 0.1) is 12.3 Å². The fourth-order valence-electron chi connectivity index (χ4n) is 4.66. The zero-order chi connectivity index (χ0) is 29.7. The summed E-state index contributed by atoms with van der Waals surface area (Å²) in [5.74, 6) is 0.691. The molecule has 4 rings (SSSR count). The third-order valence-corrected chi connectivity index (χ3v) is 6.54. The number of rotatable bonds is 9. The third-order valence-electron chi connectivity index (χ3n) is 6.54. The third kappa shape index (κ3) is 7.42. The molecule has 4 N–H and O–H groups in total. The Hall–Kier alpha value is -4.84. The van der Waals surface area contributed by atoms with E-state index in [0.29, 0.717) is 29.7 Å². The number of primary amides is 1. The fraction of sp³-hybridized carbons (Fsp3) is 0.312. The van der Waals surface area contributed by atoms with Crippen molar-refractivity contribution in [2.45, 2.75) is 63.8 Å². The second kappa shape index (κ2) is 12.1. The quantitative estimate of drug-likeness (QED) is 0.340. The normalized spacial score (nSPS) is 14.3. The Kier molecular flexibility index (Phi) is 8.62. The lowest BCUT2D eigenvalue weighted by Gasteiger charge is -2.35. The predicted molar refractivity (Wildman–Crippen MR) is 157 cm³/mol. The Bertz CT molecular complexity index is 1520. The van der Waals surface area contributed by atoms with Crippen molar-refractivity contribution in [1.82, 2.24) is 10.2 Å². The number of amides is 4. The van der Waals surface area contributed by atoms with E-state index in [4.69, 9.17) is 16.9 Å². The standard InChI is InChI=1S/C32H34N4O5/c1-5-20-10-8-9-13-25(20)28(29(38)34-23-15-14-21-11-6-7-12-22(21)18-23)36(24-16-17-24)30(39)26(19-27(33)37)35-31(40)41-32(2,3)4/h1,6-15,18,24,26,28H,16-17,19H2,2-4H3,(H2,33,37)(H,34,38)(H,35,40). The van der Waals surface area contributed by atoms with Crippen LogP contribution in [0.3, 0.4) is 0 Å². The number of ether oxygens (including phenoxy) is 1. The molecule has 3 aromatic carbocycles. The lowest BCUT2D eigenvalue weighted by Crippen LogP contribution is -2.54. The largest absolute Gasteiger partial charge is 0.444 e.